The minimum Gasteiger partial charge on any atom is -0.378 e. The minimum absolute atomic E-state index is 0.241. The van der Waals surface area contributed by atoms with Crippen LogP contribution in [0.25, 0.3) is 0 Å². The highest BCUT2D eigenvalue weighted by Crippen LogP contribution is 2.25. The van der Waals surface area contributed by atoms with Crippen molar-refractivity contribution in [1.29, 1.82) is 0 Å². The Hall–Kier alpha value is -0.920. The molecule has 7 heteroatoms. The summed E-state index contributed by atoms with van der Waals surface area (Å²) in [5, 5.41) is 3.20. The van der Waals surface area contributed by atoms with E-state index >= 15 is 0 Å². The second-order valence-corrected chi connectivity index (χ2v) is 4.82. The highest BCUT2D eigenvalue weighted by molar-refractivity contribution is 9.10. The molecule has 2 heterocycles. The maximum absolute atomic E-state index is 5.54. The van der Waals surface area contributed by atoms with E-state index in [9.17, 15) is 0 Å². The predicted molar refractivity (Wildman–Crippen MR) is 67.8 cm³/mol. The summed E-state index contributed by atoms with van der Waals surface area (Å²) in [5.74, 6) is 0.908. The average Bonchev–Trinajstić information content (AvgIpc) is 2.80. The van der Waals surface area contributed by atoms with Crippen LogP contribution in [-0.4, -0.2) is 42.4 Å². The number of nitrogens with zero attached hydrogens (tertiary/aromatic N) is 2. The fourth-order valence-corrected chi connectivity index (χ4v) is 2.04. The van der Waals surface area contributed by atoms with Crippen molar-refractivity contribution in [3.63, 3.8) is 0 Å². The number of ether oxygens (including phenoxy) is 2. The summed E-state index contributed by atoms with van der Waals surface area (Å²) in [7, 11) is 1.69. The Balaban J connectivity index is 2.03. The number of methoxy groups -OCH3 is 1. The minimum atomic E-state index is -0.279. The molecule has 0 amide bonds. The van der Waals surface area contributed by atoms with Gasteiger partial charge in [0.1, 0.15) is 11.4 Å². The SMILES string of the molecule is COC1(CNc2nc(N)ncc2Br)CCOC1. The van der Waals surface area contributed by atoms with Gasteiger partial charge in [-0.2, -0.15) is 4.98 Å². The molecule has 0 radical (unpaired) electrons. The van der Waals surface area contributed by atoms with Gasteiger partial charge in [-0.15, -0.1) is 0 Å². The summed E-state index contributed by atoms with van der Waals surface area (Å²) in [6.45, 7) is 1.94. The van der Waals surface area contributed by atoms with Crippen LogP contribution in [0.5, 0.6) is 0 Å². The first-order chi connectivity index (χ1) is 8.15. The second kappa shape index (κ2) is 5.16. The van der Waals surface area contributed by atoms with Crippen LogP contribution in [-0.2, 0) is 9.47 Å². The van der Waals surface area contributed by atoms with Crippen LogP contribution >= 0.6 is 15.9 Å². The van der Waals surface area contributed by atoms with Gasteiger partial charge < -0.3 is 20.5 Å². The number of nitrogens with one attached hydrogen (secondary N) is 1. The normalized spacial score (nSPS) is 23.9. The Bertz CT molecular complexity index is 396. The molecule has 0 aliphatic carbocycles. The van der Waals surface area contributed by atoms with Gasteiger partial charge in [-0.25, -0.2) is 4.98 Å². The third-order valence-electron chi connectivity index (χ3n) is 2.84. The number of rotatable bonds is 4. The maximum atomic E-state index is 5.54. The third-order valence-corrected chi connectivity index (χ3v) is 3.42. The smallest absolute Gasteiger partial charge is 0.221 e. The lowest BCUT2D eigenvalue weighted by atomic mass is 10.0. The fraction of sp³-hybridized carbons (Fsp3) is 0.600. The largest absolute Gasteiger partial charge is 0.378 e. The Morgan fingerprint density at radius 1 is 1.71 bits per heavy atom. The number of aromatic nitrogens is 2. The van der Waals surface area contributed by atoms with Gasteiger partial charge in [0.15, 0.2) is 0 Å². The van der Waals surface area contributed by atoms with Crippen LogP contribution in [0.2, 0.25) is 0 Å². The molecule has 0 saturated carbocycles. The monoisotopic (exact) mass is 302 g/mol. The van der Waals surface area contributed by atoms with E-state index < -0.39 is 0 Å². The van der Waals surface area contributed by atoms with Gasteiger partial charge in [-0.3, -0.25) is 0 Å². The van der Waals surface area contributed by atoms with E-state index in [0.717, 1.165) is 17.5 Å². The van der Waals surface area contributed by atoms with E-state index in [4.69, 9.17) is 15.2 Å². The Morgan fingerprint density at radius 2 is 2.53 bits per heavy atom. The molecule has 0 bridgehead atoms. The molecule has 1 atom stereocenters. The Morgan fingerprint density at radius 3 is 3.18 bits per heavy atom. The number of hydrogen-bond donors (Lipinski definition) is 2. The van der Waals surface area contributed by atoms with E-state index in [1.807, 2.05) is 0 Å². The lowest BCUT2D eigenvalue weighted by Crippen LogP contribution is -2.39. The summed E-state index contributed by atoms with van der Waals surface area (Å²) < 4.78 is 11.6. The van der Waals surface area contributed by atoms with E-state index in [1.165, 1.54) is 0 Å². The molecule has 1 aliphatic heterocycles. The van der Waals surface area contributed by atoms with Crippen LogP contribution in [0.3, 0.4) is 0 Å². The average molecular weight is 303 g/mol. The maximum Gasteiger partial charge on any atom is 0.221 e. The first-order valence-electron chi connectivity index (χ1n) is 5.30. The topological polar surface area (TPSA) is 82.3 Å². The van der Waals surface area contributed by atoms with Gasteiger partial charge in [0, 0.05) is 32.9 Å². The van der Waals surface area contributed by atoms with Crippen LogP contribution in [0.4, 0.5) is 11.8 Å². The zero-order valence-corrected chi connectivity index (χ0v) is 11.2. The van der Waals surface area contributed by atoms with Crippen molar-refractivity contribution in [2.45, 2.75) is 12.0 Å². The third kappa shape index (κ3) is 2.85. The molecule has 1 unspecified atom stereocenters. The molecule has 1 saturated heterocycles. The van der Waals surface area contributed by atoms with Gasteiger partial charge >= 0.3 is 0 Å². The molecule has 0 aromatic carbocycles. The molecular formula is C10H15BrN4O2. The molecule has 1 aromatic rings. The second-order valence-electron chi connectivity index (χ2n) is 3.97. The number of nitrogens with two attached hydrogens (primary N) is 1. The summed E-state index contributed by atoms with van der Waals surface area (Å²) in [4.78, 5) is 7.99. The van der Waals surface area contributed by atoms with Crippen LogP contribution in [0, 0.1) is 0 Å². The molecule has 2 rings (SSSR count). The highest BCUT2D eigenvalue weighted by Gasteiger charge is 2.34. The van der Waals surface area contributed by atoms with Gasteiger partial charge in [-0.1, -0.05) is 0 Å². The van der Waals surface area contributed by atoms with E-state index in [2.05, 4.69) is 31.2 Å². The molecule has 1 aromatic heterocycles. The number of hydrogen-bond acceptors (Lipinski definition) is 6. The first kappa shape index (κ1) is 12.5. The predicted octanol–water partition coefficient (Wildman–Crippen LogP) is 1.04. The summed E-state index contributed by atoms with van der Waals surface area (Å²) in [5.41, 5.74) is 5.26. The van der Waals surface area contributed by atoms with Crippen LogP contribution in [0.15, 0.2) is 10.7 Å². The van der Waals surface area contributed by atoms with Crippen molar-refractivity contribution in [1.82, 2.24) is 9.97 Å². The molecule has 3 N–H and O–H groups in total. The van der Waals surface area contributed by atoms with Crippen molar-refractivity contribution in [2.75, 3.05) is 37.9 Å². The van der Waals surface area contributed by atoms with Crippen LogP contribution < -0.4 is 11.1 Å². The van der Waals surface area contributed by atoms with Crippen molar-refractivity contribution < 1.29 is 9.47 Å². The first-order valence-corrected chi connectivity index (χ1v) is 6.09. The standard InChI is InChI=1S/C10H15BrN4O2/c1-16-10(2-3-17-6-10)5-14-8-7(11)4-13-9(12)15-8/h4H,2-3,5-6H2,1H3,(H3,12,13,14,15). The summed E-state index contributed by atoms with van der Waals surface area (Å²) >= 11 is 3.36. The molecule has 0 spiro atoms. The molecule has 94 valence electrons. The van der Waals surface area contributed by atoms with E-state index in [0.29, 0.717) is 19.0 Å². The van der Waals surface area contributed by atoms with Gasteiger partial charge in [0.25, 0.3) is 0 Å². The lowest BCUT2D eigenvalue weighted by molar-refractivity contribution is -0.00626. The molecule has 1 fully saturated rings. The number of halogens is 1. The van der Waals surface area contributed by atoms with Crippen LogP contribution in [0.1, 0.15) is 6.42 Å². The Labute approximate surface area is 108 Å². The van der Waals surface area contributed by atoms with Gasteiger partial charge in [0.05, 0.1) is 11.1 Å². The van der Waals surface area contributed by atoms with E-state index in [-0.39, 0.29) is 11.5 Å². The number of anilines is 2. The fourth-order valence-electron chi connectivity index (χ4n) is 1.71. The van der Waals surface area contributed by atoms with Crippen molar-refractivity contribution in [3.05, 3.63) is 10.7 Å². The van der Waals surface area contributed by atoms with Gasteiger partial charge in [0.2, 0.25) is 5.95 Å². The van der Waals surface area contributed by atoms with Gasteiger partial charge in [-0.05, 0) is 15.9 Å². The molecule has 1 aliphatic rings. The molecule has 17 heavy (non-hydrogen) atoms. The van der Waals surface area contributed by atoms with Crippen molar-refractivity contribution in [3.8, 4) is 0 Å². The summed E-state index contributed by atoms with van der Waals surface area (Å²) in [6, 6.07) is 0. The molecule has 6 nitrogen and oxygen atoms in total. The highest BCUT2D eigenvalue weighted by atomic mass is 79.9. The molecular weight excluding hydrogens is 288 g/mol. The zero-order chi connectivity index (χ0) is 12.3. The summed E-state index contributed by atoms with van der Waals surface area (Å²) in [6.07, 6.45) is 2.49. The quantitative estimate of drug-likeness (QED) is 0.865. The van der Waals surface area contributed by atoms with E-state index in [1.54, 1.807) is 13.3 Å². The number of nitrogen functional groups attached to an aromatic ring is 1. The Kier molecular flexibility index (Phi) is 3.80. The van der Waals surface area contributed by atoms with Crippen molar-refractivity contribution in [2.24, 2.45) is 0 Å². The zero-order valence-electron chi connectivity index (χ0n) is 9.57. The van der Waals surface area contributed by atoms with Crippen molar-refractivity contribution >= 4 is 27.7 Å². The lowest BCUT2D eigenvalue weighted by Gasteiger charge is -2.26.